The molecule has 1 heterocycles. The second kappa shape index (κ2) is 5.14. The molecule has 0 saturated carbocycles. The highest BCUT2D eigenvalue weighted by Crippen LogP contribution is 2.17. The smallest absolute Gasteiger partial charge is 0.289 e. The van der Waals surface area contributed by atoms with E-state index in [0.717, 1.165) is 5.56 Å². The average Bonchev–Trinajstić information content (AvgIpc) is 2.68. The fourth-order valence-electron chi connectivity index (χ4n) is 1.92. The summed E-state index contributed by atoms with van der Waals surface area (Å²) in [6.45, 7) is 5.35. The van der Waals surface area contributed by atoms with E-state index in [-0.39, 0.29) is 17.7 Å². The molecule has 3 N–H and O–H groups in total. The zero-order valence-corrected chi connectivity index (χ0v) is 11.2. The lowest BCUT2D eigenvalue weighted by atomic mass is 10.1. The largest absolute Gasteiger partial charge is 0.436 e. The molecule has 0 aliphatic rings. The van der Waals surface area contributed by atoms with Gasteiger partial charge < -0.3 is 15.5 Å². The van der Waals surface area contributed by atoms with Crippen LogP contribution in [0.2, 0.25) is 0 Å². The van der Waals surface area contributed by atoms with Crippen LogP contribution in [0, 0.1) is 13.8 Å². The molecule has 1 amide bonds. The number of hydrogen-bond donors (Lipinski definition) is 2. The van der Waals surface area contributed by atoms with Crippen molar-refractivity contribution in [3.05, 3.63) is 47.2 Å². The SMILES string of the molecule is Cc1nc(C)c(C(=O)NC(C)c2cccc(N)c2)o1. The summed E-state index contributed by atoms with van der Waals surface area (Å²) in [7, 11) is 0. The monoisotopic (exact) mass is 259 g/mol. The second-order valence-corrected chi connectivity index (χ2v) is 4.51. The van der Waals surface area contributed by atoms with Crippen molar-refractivity contribution >= 4 is 11.6 Å². The molecule has 1 atom stereocenters. The van der Waals surface area contributed by atoms with E-state index in [2.05, 4.69) is 10.3 Å². The molecular formula is C14H17N3O2. The minimum atomic E-state index is -0.270. The lowest BCUT2D eigenvalue weighted by Crippen LogP contribution is -2.26. The summed E-state index contributed by atoms with van der Waals surface area (Å²) >= 11 is 0. The van der Waals surface area contributed by atoms with Crippen molar-refractivity contribution in [3.63, 3.8) is 0 Å². The van der Waals surface area contributed by atoms with Gasteiger partial charge in [-0.3, -0.25) is 4.79 Å². The van der Waals surface area contributed by atoms with Gasteiger partial charge in [0, 0.05) is 12.6 Å². The van der Waals surface area contributed by atoms with E-state index in [1.165, 1.54) is 0 Å². The van der Waals surface area contributed by atoms with Crippen molar-refractivity contribution in [2.75, 3.05) is 5.73 Å². The minimum absolute atomic E-state index is 0.152. The van der Waals surface area contributed by atoms with Crippen LogP contribution < -0.4 is 11.1 Å². The Labute approximate surface area is 111 Å². The number of rotatable bonds is 3. The number of nitrogens with zero attached hydrogens (tertiary/aromatic N) is 1. The van der Waals surface area contributed by atoms with Crippen molar-refractivity contribution < 1.29 is 9.21 Å². The summed E-state index contributed by atoms with van der Waals surface area (Å²) in [5, 5.41) is 2.87. The van der Waals surface area contributed by atoms with Gasteiger partial charge in [-0.1, -0.05) is 12.1 Å². The highest BCUT2D eigenvalue weighted by atomic mass is 16.4. The number of benzene rings is 1. The quantitative estimate of drug-likeness (QED) is 0.829. The lowest BCUT2D eigenvalue weighted by molar-refractivity contribution is 0.0909. The van der Waals surface area contributed by atoms with E-state index in [1.807, 2.05) is 31.2 Å². The predicted octanol–water partition coefficient (Wildman–Crippen LogP) is 2.36. The molecule has 5 heteroatoms. The number of carbonyl (C=O) groups is 1. The first kappa shape index (κ1) is 13.1. The normalized spacial score (nSPS) is 12.2. The highest BCUT2D eigenvalue weighted by molar-refractivity contribution is 5.92. The van der Waals surface area contributed by atoms with Crippen molar-refractivity contribution in [1.82, 2.24) is 10.3 Å². The molecule has 0 aliphatic heterocycles. The Morgan fingerprint density at radius 2 is 2.16 bits per heavy atom. The maximum atomic E-state index is 12.1. The van der Waals surface area contributed by atoms with Gasteiger partial charge in [-0.15, -0.1) is 0 Å². The fourth-order valence-corrected chi connectivity index (χ4v) is 1.92. The van der Waals surface area contributed by atoms with Crippen LogP contribution in [0.5, 0.6) is 0 Å². The number of hydrogen-bond acceptors (Lipinski definition) is 4. The third-order valence-corrected chi connectivity index (χ3v) is 2.87. The molecule has 0 saturated heterocycles. The number of carbonyl (C=O) groups excluding carboxylic acids is 1. The summed E-state index contributed by atoms with van der Waals surface area (Å²) in [5.74, 6) is 0.473. The van der Waals surface area contributed by atoms with Crippen LogP contribution in [0.1, 0.15) is 40.7 Å². The molecule has 2 rings (SSSR count). The van der Waals surface area contributed by atoms with E-state index >= 15 is 0 Å². The molecule has 100 valence electrons. The van der Waals surface area contributed by atoms with E-state index in [4.69, 9.17) is 10.2 Å². The highest BCUT2D eigenvalue weighted by Gasteiger charge is 2.18. The summed E-state index contributed by atoms with van der Waals surface area (Å²) < 4.78 is 5.29. The second-order valence-electron chi connectivity index (χ2n) is 4.51. The molecule has 2 aromatic rings. The van der Waals surface area contributed by atoms with Crippen LogP contribution in [0.3, 0.4) is 0 Å². The van der Waals surface area contributed by atoms with Crippen LogP contribution in [-0.2, 0) is 0 Å². The van der Waals surface area contributed by atoms with Crippen molar-refractivity contribution in [2.24, 2.45) is 0 Å². The van der Waals surface area contributed by atoms with E-state index < -0.39 is 0 Å². The van der Waals surface area contributed by atoms with Gasteiger partial charge in [-0.2, -0.15) is 0 Å². The Bertz CT molecular complexity index is 604. The molecule has 0 spiro atoms. The molecular weight excluding hydrogens is 242 g/mol. The van der Waals surface area contributed by atoms with Gasteiger partial charge in [0.15, 0.2) is 5.89 Å². The Kier molecular flexibility index (Phi) is 3.55. The molecule has 1 unspecified atom stereocenters. The molecule has 0 aliphatic carbocycles. The maximum Gasteiger partial charge on any atom is 0.289 e. The van der Waals surface area contributed by atoms with Crippen molar-refractivity contribution in [3.8, 4) is 0 Å². The van der Waals surface area contributed by atoms with Gasteiger partial charge in [-0.25, -0.2) is 4.98 Å². The van der Waals surface area contributed by atoms with Gasteiger partial charge in [0.05, 0.1) is 11.7 Å². The zero-order valence-electron chi connectivity index (χ0n) is 11.2. The predicted molar refractivity (Wildman–Crippen MR) is 72.7 cm³/mol. The Hall–Kier alpha value is -2.30. The van der Waals surface area contributed by atoms with E-state index in [9.17, 15) is 4.79 Å². The first-order valence-electron chi connectivity index (χ1n) is 6.07. The number of aromatic nitrogens is 1. The molecule has 1 aromatic heterocycles. The van der Waals surface area contributed by atoms with Gasteiger partial charge in [0.2, 0.25) is 5.76 Å². The number of aryl methyl sites for hydroxylation is 2. The number of oxazole rings is 1. The van der Waals surface area contributed by atoms with Crippen LogP contribution in [0.4, 0.5) is 5.69 Å². The lowest BCUT2D eigenvalue weighted by Gasteiger charge is -2.13. The first-order valence-corrected chi connectivity index (χ1v) is 6.07. The summed E-state index contributed by atoms with van der Waals surface area (Å²) in [4.78, 5) is 16.2. The summed E-state index contributed by atoms with van der Waals surface area (Å²) in [6, 6.07) is 7.27. The topological polar surface area (TPSA) is 81.2 Å². The van der Waals surface area contributed by atoms with Crippen LogP contribution in [-0.4, -0.2) is 10.9 Å². The number of nitrogens with two attached hydrogens (primary N) is 1. The Morgan fingerprint density at radius 1 is 1.42 bits per heavy atom. The van der Waals surface area contributed by atoms with Crippen molar-refractivity contribution in [1.29, 1.82) is 0 Å². The maximum absolute atomic E-state index is 12.1. The standard InChI is InChI=1S/C14H17N3O2/c1-8(11-5-4-6-12(15)7-11)17-14(18)13-9(2)16-10(3)19-13/h4-8H,15H2,1-3H3,(H,17,18). The summed E-state index contributed by atoms with van der Waals surface area (Å²) in [5.41, 5.74) is 7.94. The van der Waals surface area contributed by atoms with E-state index in [1.54, 1.807) is 13.8 Å². The molecule has 19 heavy (non-hydrogen) atoms. The van der Waals surface area contributed by atoms with Crippen LogP contribution >= 0.6 is 0 Å². The molecule has 0 radical (unpaired) electrons. The van der Waals surface area contributed by atoms with E-state index in [0.29, 0.717) is 17.3 Å². The Balaban J connectivity index is 2.13. The molecule has 0 fully saturated rings. The molecule has 0 bridgehead atoms. The molecule has 5 nitrogen and oxygen atoms in total. The van der Waals surface area contributed by atoms with Crippen LogP contribution in [0.25, 0.3) is 0 Å². The number of nitrogen functional groups attached to an aromatic ring is 1. The Morgan fingerprint density at radius 3 is 2.74 bits per heavy atom. The van der Waals surface area contributed by atoms with Gasteiger partial charge >= 0.3 is 0 Å². The third kappa shape index (κ3) is 2.93. The zero-order chi connectivity index (χ0) is 14.0. The van der Waals surface area contributed by atoms with Crippen molar-refractivity contribution in [2.45, 2.75) is 26.8 Å². The number of anilines is 1. The summed E-state index contributed by atoms with van der Waals surface area (Å²) in [6.07, 6.45) is 0. The van der Waals surface area contributed by atoms with Gasteiger partial charge in [0.25, 0.3) is 5.91 Å². The average molecular weight is 259 g/mol. The first-order chi connectivity index (χ1) is 8.97. The van der Waals surface area contributed by atoms with Crippen LogP contribution in [0.15, 0.2) is 28.7 Å². The van der Waals surface area contributed by atoms with Gasteiger partial charge in [-0.05, 0) is 31.5 Å². The minimum Gasteiger partial charge on any atom is -0.436 e. The number of amides is 1. The third-order valence-electron chi connectivity index (χ3n) is 2.87. The number of nitrogens with one attached hydrogen (secondary N) is 1. The molecule has 1 aromatic carbocycles. The van der Waals surface area contributed by atoms with Gasteiger partial charge in [0.1, 0.15) is 0 Å². The fraction of sp³-hybridized carbons (Fsp3) is 0.286.